The molecule has 0 radical (unpaired) electrons. The molecule has 0 aromatic heterocycles. The van der Waals surface area contributed by atoms with E-state index in [-0.39, 0.29) is 30.2 Å². The number of hydrogen-bond donors (Lipinski definition) is 4. The standard InChI is InChI=1S/C26H30N4O5S/c1-16-18(10-7-11-20(16)31)23(33)29-19(14-17-8-5-4-6-9-17)21(32)25(35)30-15-36-26(2,3)22(30)24(34)28-13-12-27/h4-11,19,21-22,31-32H,13-15H2,1-3H3,(H,28,34)(H,29,33). The number of rotatable bonds is 8. The van der Waals surface area contributed by atoms with Crippen molar-refractivity contribution in [2.45, 2.75) is 50.1 Å². The van der Waals surface area contributed by atoms with Gasteiger partial charge in [0.05, 0.1) is 18.0 Å². The summed E-state index contributed by atoms with van der Waals surface area (Å²) in [5.74, 6) is -1.59. The summed E-state index contributed by atoms with van der Waals surface area (Å²) in [6.45, 7) is 5.05. The highest BCUT2D eigenvalue weighted by Crippen LogP contribution is 2.39. The van der Waals surface area contributed by atoms with Gasteiger partial charge in [-0.15, -0.1) is 11.8 Å². The van der Waals surface area contributed by atoms with Crippen molar-refractivity contribution in [3.05, 3.63) is 65.2 Å². The van der Waals surface area contributed by atoms with Crippen LogP contribution in [0.15, 0.2) is 48.5 Å². The fourth-order valence-electron chi connectivity index (χ4n) is 4.20. The average molecular weight is 511 g/mol. The Bertz CT molecular complexity index is 1160. The quantitative estimate of drug-likeness (QED) is 0.396. The van der Waals surface area contributed by atoms with Gasteiger partial charge in [-0.25, -0.2) is 0 Å². The second kappa shape index (κ2) is 11.5. The minimum absolute atomic E-state index is 0.0403. The van der Waals surface area contributed by atoms with Crippen LogP contribution in [0.4, 0.5) is 0 Å². The van der Waals surface area contributed by atoms with Crippen LogP contribution in [0.2, 0.25) is 0 Å². The highest BCUT2D eigenvalue weighted by atomic mass is 32.2. The number of carbonyl (C=O) groups is 3. The summed E-state index contributed by atoms with van der Waals surface area (Å²) in [4.78, 5) is 40.7. The molecule has 190 valence electrons. The lowest BCUT2D eigenvalue weighted by molar-refractivity contribution is -0.147. The fraction of sp³-hybridized carbons (Fsp3) is 0.385. The number of aromatic hydroxyl groups is 1. The second-order valence-electron chi connectivity index (χ2n) is 9.13. The van der Waals surface area contributed by atoms with Crippen LogP contribution >= 0.6 is 11.8 Å². The zero-order valence-electron chi connectivity index (χ0n) is 20.4. The van der Waals surface area contributed by atoms with Gasteiger partial charge < -0.3 is 25.7 Å². The Labute approximate surface area is 214 Å². The molecule has 1 fully saturated rings. The molecule has 2 aromatic carbocycles. The van der Waals surface area contributed by atoms with Crippen molar-refractivity contribution in [2.75, 3.05) is 12.4 Å². The van der Waals surface area contributed by atoms with Gasteiger partial charge in [0, 0.05) is 15.9 Å². The van der Waals surface area contributed by atoms with Gasteiger partial charge in [-0.3, -0.25) is 14.4 Å². The minimum atomic E-state index is -1.65. The number of nitrogens with one attached hydrogen (secondary N) is 2. The minimum Gasteiger partial charge on any atom is -0.508 e. The lowest BCUT2D eigenvalue weighted by Gasteiger charge is -2.33. The molecule has 0 aliphatic carbocycles. The Hall–Kier alpha value is -3.55. The van der Waals surface area contributed by atoms with E-state index in [0.29, 0.717) is 5.56 Å². The molecule has 0 saturated carbocycles. The monoisotopic (exact) mass is 510 g/mol. The Morgan fingerprint density at radius 2 is 1.89 bits per heavy atom. The maximum absolute atomic E-state index is 13.5. The predicted octanol–water partition coefficient (Wildman–Crippen LogP) is 1.72. The molecule has 1 aliphatic heterocycles. The zero-order chi connectivity index (χ0) is 26.5. The van der Waals surface area contributed by atoms with Crippen molar-refractivity contribution in [2.24, 2.45) is 0 Å². The molecule has 3 atom stereocenters. The predicted molar refractivity (Wildman–Crippen MR) is 136 cm³/mol. The molecule has 3 amide bonds. The molecular weight excluding hydrogens is 480 g/mol. The highest BCUT2D eigenvalue weighted by Gasteiger charge is 2.49. The van der Waals surface area contributed by atoms with Crippen LogP contribution in [0.25, 0.3) is 0 Å². The van der Waals surface area contributed by atoms with Crippen molar-refractivity contribution in [3.63, 3.8) is 0 Å². The van der Waals surface area contributed by atoms with Crippen LogP contribution in [0, 0.1) is 18.3 Å². The first-order valence-electron chi connectivity index (χ1n) is 11.5. The van der Waals surface area contributed by atoms with Gasteiger partial charge in [0.25, 0.3) is 11.8 Å². The van der Waals surface area contributed by atoms with E-state index in [9.17, 15) is 24.6 Å². The number of phenols is 1. The number of aliphatic hydroxyl groups is 1. The molecular formula is C26H30N4O5S. The number of nitrogens with zero attached hydrogens (tertiary/aromatic N) is 2. The molecule has 0 bridgehead atoms. The van der Waals surface area contributed by atoms with Crippen LogP contribution in [-0.4, -0.2) is 68.2 Å². The molecule has 3 unspecified atom stereocenters. The molecule has 1 aliphatic rings. The molecule has 9 nitrogen and oxygen atoms in total. The number of aliphatic hydroxyl groups excluding tert-OH is 1. The SMILES string of the molecule is Cc1c(O)cccc1C(=O)NC(Cc1ccccc1)C(O)C(=O)N1CSC(C)(C)C1C(=O)NCC#N. The molecule has 4 N–H and O–H groups in total. The van der Waals surface area contributed by atoms with Crippen LogP contribution in [0.1, 0.15) is 35.3 Å². The van der Waals surface area contributed by atoms with Crippen molar-refractivity contribution < 1.29 is 24.6 Å². The van der Waals surface area contributed by atoms with Crippen molar-refractivity contribution in [1.29, 1.82) is 5.26 Å². The van der Waals surface area contributed by atoms with E-state index in [0.717, 1.165) is 5.56 Å². The lowest BCUT2D eigenvalue weighted by atomic mass is 9.96. The average Bonchev–Trinajstić information content (AvgIpc) is 3.18. The first-order chi connectivity index (χ1) is 17.1. The Balaban J connectivity index is 1.88. The molecule has 0 spiro atoms. The maximum atomic E-state index is 13.5. The van der Waals surface area contributed by atoms with Crippen molar-refractivity contribution >= 4 is 29.5 Å². The largest absolute Gasteiger partial charge is 0.508 e. The third kappa shape index (κ3) is 5.98. The van der Waals surface area contributed by atoms with E-state index in [2.05, 4.69) is 10.6 Å². The summed E-state index contributed by atoms with van der Waals surface area (Å²) >= 11 is 1.39. The lowest BCUT2D eigenvalue weighted by Crippen LogP contribution is -2.58. The van der Waals surface area contributed by atoms with Crippen LogP contribution in [0.5, 0.6) is 5.75 Å². The summed E-state index contributed by atoms with van der Waals surface area (Å²) in [5, 5.41) is 35.3. The first kappa shape index (κ1) is 27.0. The van der Waals surface area contributed by atoms with E-state index < -0.39 is 40.7 Å². The van der Waals surface area contributed by atoms with E-state index >= 15 is 0 Å². The van der Waals surface area contributed by atoms with E-state index in [1.807, 2.05) is 50.2 Å². The van der Waals surface area contributed by atoms with Gasteiger partial charge in [0.1, 0.15) is 18.3 Å². The summed E-state index contributed by atoms with van der Waals surface area (Å²) in [6.07, 6.45) is -1.49. The summed E-state index contributed by atoms with van der Waals surface area (Å²) in [6, 6.07) is 13.6. The zero-order valence-corrected chi connectivity index (χ0v) is 21.2. The molecule has 2 aromatic rings. The van der Waals surface area contributed by atoms with Gasteiger partial charge in [-0.2, -0.15) is 5.26 Å². The first-order valence-corrected chi connectivity index (χ1v) is 12.5. The van der Waals surface area contributed by atoms with Crippen LogP contribution < -0.4 is 10.6 Å². The van der Waals surface area contributed by atoms with Crippen molar-refractivity contribution in [3.8, 4) is 11.8 Å². The Kier molecular flexibility index (Phi) is 8.61. The Morgan fingerprint density at radius 3 is 2.56 bits per heavy atom. The number of phenolic OH excluding ortho intramolecular Hbond substituents is 1. The number of carbonyl (C=O) groups excluding carboxylic acids is 3. The van der Waals surface area contributed by atoms with E-state index in [1.165, 1.54) is 22.7 Å². The number of nitriles is 1. The molecule has 36 heavy (non-hydrogen) atoms. The fourth-order valence-corrected chi connectivity index (χ4v) is 5.34. The molecule has 1 heterocycles. The van der Waals surface area contributed by atoms with E-state index in [1.54, 1.807) is 19.1 Å². The highest BCUT2D eigenvalue weighted by molar-refractivity contribution is 8.00. The van der Waals surface area contributed by atoms with Gasteiger partial charge >= 0.3 is 0 Å². The molecule has 3 rings (SSSR count). The smallest absolute Gasteiger partial charge is 0.254 e. The van der Waals surface area contributed by atoms with Gasteiger partial charge in [-0.1, -0.05) is 36.4 Å². The van der Waals surface area contributed by atoms with E-state index in [4.69, 9.17) is 5.26 Å². The summed E-state index contributed by atoms with van der Waals surface area (Å²) in [7, 11) is 0. The van der Waals surface area contributed by atoms with Gasteiger partial charge in [0.15, 0.2) is 6.10 Å². The third-order valence-corrected chi connectivity index (χ3v) is 7.59. The molecule has 1 saturated heterocycles. The number of amides is 3. The number of hydrogen-bond acceptors (Lipinski definition) is 7. The number of benzene rings is 2. The topological polar surface area (TPSA) is 143 Å². The van der Waals surface area contributed by atoms with Crippen LogP contribution in [0.3, 0.4) is 0 Å². The van der Waals surface area contributed by atoms with Crippen molar-refractivity contribution in [1.82, 2.24) is 15.5 Å². The summed E-state index contributed by atoms with van der Waals surface area (Å²) < 4.78 is -0.647. The van der Waals surface area contributed by atoms with Gasteiger partial charge in [-0.05, 0) is 44.9 Å². The van der Waals surface area contributed by atoms with Gasteiger partial charge in [0.2, 0.25) is 5.91 Å². The molecule has 10 heteroatoms. The Morgan fingerprint density at radius 1 is 1.19 bits per heavy atom. The third-order valence-electron chi connectivity index (χ3n) is 6.22. The van der Waals surface area contributed by atoms with Crippen LogP contribution in [-0.2, 0) is 16.0 Å². The maximum Gasteiger partial charge on any atom is 0.254 e. The summed E-state index contributed by atoms with van der Waals surface area (Å²) in [5.41, 5.74) is 1.39. The second-order valence-corrected chi connectivity index (χ2v) is 10.7. The normalized spacial score (nSPS) is 18.1. The number of thioether (sulfide) groups is 1.